The summed E-state index contributed by atoms with van der Waals surface area (Å²) in [6, 6.07) is 25.4. The molecule has 2 atom stereocenters. The van der Waals surface area contributed by atoms with Crippen LogP contribution in [0.1, 0.15) is 47.1 Å². The Hall–Kier alpha value is -3.07. The number of ether oxygens (including phenoxy) is 1. The lowest BCUT2D eigenvalue weighted by atomic mass is 9.95. The van der Waals surface area contributed by atoms with E-state index in [0.29, 0.717) is 12.5 Å². The highest BCUT2D eigenvalue weighted by molar-refractivity contribution is 5.71. The van der Waals surface area contributed by atoms with Crippen LogP contribution in [-0.2, 0) is 11.3 Å². The summed E-state index contributed by atoms with van der Waals surface area (Å²) in [6.07, 6.45) is 1.81. The third-order valence-electron chi connectivity index (χ3n) is 6.28. The van der Waals surface area contributed by atoms with E-state index in [4.69, 9.17) is 4.74 Å². The number of hydrogen-bond donors (Lipinski definition) is 0. The zero-order valence-corrected chi connectivity index (χ0v) is 16.7. The van der Waals surface area contributed by atoms with Gasteiger partial charge in [-0.25, -0.2) is 4.79 Å². The minimum absolute atomic E-state index is 0.122. The van der Waals surface area contributed by atoms with E-state index in [0.717, 1.165) is 24.9 Å². The average Bonchev–Trinajstić information content (AvgIpc) is 3.04. The highest BCUT2D eigenvalue weighted by Gasteiger charge is 2.41. The normalized spacial score (nSPS) is 19.7. The van der Waals surface area contributed by atoms with Crippen LogP contribution in [0.5, 0.6) is 0 Å². The van der Waals surface area contributed by atoms with Crippen molar-refractivity contribution in [3.63, 3.8) is 0 Å². The molecule has 0 unspecified atom stereocenters. The average molecular weight is 383 g/mol. The first-order valence-electron chi connectivity index (χ1n) is 10.4. The molecule has 2 aliphatic rings. The van der Waals surface area contributed by atoms with Gasteiger partial charge in [0.1, 0.15) is 6.61 Å². The van der Waals surface area contributed by atoms with Crippen molar-refractivity contribution < 1.29 is 9.53 Å². The Morgan fingerprint density at radius 2 is 1.79 bits per heavy atom. The summed E-state index contributed by atoms with van der Waals surface area (Å²) in [5.41, 5.74) is 7.43. The molecule has 1 aliphatic heterocycles. The summed E-state index contributed by atoms with van der Waals surface area (Å²) in [5.74, 6) is 0.555. The monoisotopic (exact) mass is 383 g/mol. The van der Waals surface area contributed by atoms with Crippen LogP contribution in [0.3, 0.4) is 0 Å². The number of carbonyl (C=O) groups excluding carboxylic acids is 1. The Morgan fingerprint density at radius 3 is 2.62 bits per heavy atom. The molecule has 1 aliphatic carbocycles. The van der Waals surface area contributed by atoms with E-state index in [1.165, 1.54) is 27.8 Å². The smallest absolute Gasteiger partial charge is 0.410 e. The maximum atomic E-state index is 12.9. The predicted molar refractivity (Wildman–Crippen MR) is 115 cm³/mol. The van der Waals surface area contributed by atoms with Gasteiger partial charge >= 0.3 is 6.09 Å². The summed E-state index contributed by atoms with van der Waals surface area (Å²) in [5, 5.41) is 0. The molecule has 3 nitrogen and oxygen atoms in total. The van der Waals surface area contributed by atoms with E-state index in [9.17, 15) is 4.79 Å². The third-order valence-corrected chi connectivity index (χ3v) is 6.28. The second kappa shape index (κ2) is 7.40. The number of likely N-dealkylation sites (tertiary alicyclic amines) is 1. The van der Waals surface area contributed by atoms with Gasteiger partial charge in [0.15, 0.2) is 0 Å². The van der Waals surface area contributed by atoms with Gasteiger partial charge in [0.25, 0.3) is 0 Å². The van der Waals surface area contributed by atoms with Crippen LogP contribution in [0.25, 0.3) is 11.1 Å². The van der Waals surface area contributed by atoms with Gasteiger partial charge in [0.2, 0.25) is 0 Å². The number of piperidine rings is 1. The van der Waals surface area contributed by atoms with Crippen LogP contribution >= 0.6 is 0 Å². The molecular formula is C26H25NO2. The van der Waals surface area contributed by atoms with Gasteiger partial charge < -0.3 is 9.64 Å². The van der Waals surface area contributed by atoms with Crippen molar-refractivity contribution in [3.05, 3.63) is 95.1 Å². The van der Waals surface area contributed by atoms with E-state index >= 15 is 0 Å². The zero-order valence-electron chi connectivity index (χ0n) is 16.7. The number of hydrogen-bond acceptors (Lipinski definition) is 2. The Labute approximate surface area is 171 Å². The highest BCUT2D eigenvalue weighted by Crippen LogP contribution is 2.50. The van der Waals surface area contributed by atoms with Crippen LogP contribution in [0.2, 0.25) is 0 Å². The molecule has 146 valence electrons. The van der Waals surface area contributed by atoms with Crippen LogP contribution in [0.4, 0.5) is 4.79 Å². The number of benzene rings is 3. The second-order valence-electron chi connectivity index (χ2n) is 8.18. The topological polar surface area (TPSA) is 29.5 Å². The molecular weight excluding hydrogens is 358 g/mol. The fraction of sp³-hybridized carbons (Fsp3) is 0.269. The molecule has 1 saturated heterocycles. The standard InChI is InChI=1S/C26H25NO2/c1-18-6-5-9-20(14-18)21-10-11-23-22-12-13-27(25(16-22)24(23)15-21)26(28)29-17-19-7-3-2-4-8-19/h2-11,14-15,22,25H,12-13,16-17H2,1H3/t22-,25-/m1/s1. The lowest BCUT2D eigenvalue weighted by molar-refractivity contribution is 0.0694. The van der Waals surface area contributed by atoms with Gasteiger partial charge in [-0.1, -0.05) is 72.3 Å². The van der Waals surface area contributed by atoms with E-state index in [1.807, 2.05) is 35.2 Å². The molecule has 1 fully saturated rings. The van der Waals surface area contributed by atoms with Crippen LogP contribution in [0, 0.1) is 6.92 Å². The third kappa shape index (κ3) is 3.42. The molecule has 5 rings (SSSR count). The molecule has 1 amide bonds. The minimum Gasteiger partial charge on any atom is -0.445 e. The van der Waals surface area contributed by atoms with Crippen molar-refractivity contribution >= 4 is 6.09 Å². The lowest BCUT2D eigenvalue weighted by Crippen LogP contribution is -2.37. The van der Waals surface area contributed by atoms with Gasteiger partial charge in [-0.15, -0.1) is 0 Å². The molecule has 0 radical (unpaired) electrons. The van der Waals surface area contributed by atoms with Crippen LogP contribution in [0.15, 0.2) is 72.8 Å². The molecule has 0 aromatic heterocycles. The second-order valence-corrected chi connectivity index (χ2v) is 8.18. The maximum Gasteiger partial charge on any atom is 0.410 e. The van der Waals surface area contributed by atoms with Crippen molar-refractivity contribution in [1.29, 1.82) is 0 Å². The predicted octanol–water partition coefficient (Wildman–Crippen LogP) is 6.23. The molecule has 2 bridgehead atoms. The molecule has 3 heteroatoms. The van der Waals surface area contributed by atoms with Crippen LogP contribution < -0.4 is 0 Å². The van der Waals surface area contributed by atoms with E-state index in [1.54, 1.807) is 0 Å². The Bertz CT molecular complexity index is 1040. The largest absolute Gasteiger partial charge is 0.445 e. The SMILES string of the molecule is Cc1cccc(-c2ccc3c(c2)[C@H]2C[C@H]3CCN2C(=O)OCc2ccccc2)c1. The molecule has 3 aromatic rings. The molecule has 1 heterocycles. The molecule has 0 saturated carbocycles. The zero-order chi connectivity index (χ0) is 19.8. The maximum absolute atomic E-state index is 12.9. The van der Waals surface area contributed by atoms with Crippen molar-refractivity contribution in [1.82, 2.24) is 4.90 Å². The summed E-state index contributed by atoms with van der Waals surface area (Å²) < 4.78 is 5.65. The molecule has 3 aromatic carbocycles. The van der Waals surface area contributed by atoms with Crippen molar-refractivity contribution in [2.75, 3.05) is 6.54 Å². The Balaban J connectivity index is 1.39. The molecule has 0 spiro atoms. The minimum atomic E-state index is -0.203. The fourth-order valence-corrected chi connectivity index (χ4v) is 4.80. The van der Waals surface area contributed by atoms with E-state index < -0.39 is 0 Å². The first-order valence-corrected chi connectivity index (χ1v) is 10.4. The summed E-state index contributed by atoms with van der Waals surface area (Å²) in [4.78, 5) is 14.8. The summed E-state index contributed by atoms with van der Waals surface area (Å²) >= 11 is 0. The van der Waals surface area contributed by atoms with Crippen molar-refractivity contribution in [2.24, 2.45) is 0 Å². The summed E-state index contributed by atoms with van der Waals surface area (Å²) in [6.45, 7) is 3.20. The molecule has 0 N–H and O–H groups in total. The number of carbonyl (C=O) groups is 1. The number of rotatable bonds is 3. The summed E-state index contributed by atoms with van der Waals surface area (Å²) in [7, 11) is 0. The number of fused-ring (bicyclic) bond motifs is 5. The lowest BCUT2D eigenvalue weighted by Gasteiger charge is -2.33. The van der Waals surface area contributed by atoms with Crippen molar-refractivity contribution in [2.45, 2.75) is 38.3 Å². The highest BCUT2D eigenvalue weighted by atomic mass is 16.6. The van der Waals surface area contributed by atoms with Crippen LogP contribution in [-0.4, -0.2) is 17.5 Å². The van der Waals surface area contributed by atoms with Crippen molar-refractivity contribution in [3.8, 4) is 11.1 Å². The van der Waals surface area contributed by atoms with Gasteiger partial charge in [-0.2, -0.15) is 0 Å². The van der Waals surface area contributed by atoms with Gasteiger partial charge in [0.05, 0.1) is 6.04 Å². The quantitative estimate of drug-likeness (QED) is 0.536. The van der Waals surface area contributed by atoms with Gasteiger partial charge in [0, 0.05) is 6.54 Å². The number of amides is 1. The fourth-order valence-electron chi connectivity index (χ4n) is 4.80. The van der Waals surface area contributed by atoms with Gasteiger partial charge in [-0.05, 0) is 59.6 Å². The number of nitrogens with zero attached hydrogens (tertiary/aromatic N) is 1. The Kier molecular flexibility index (Phi) is 4.59. The van der Waals surface area contributed by atoms with Gasteiger partial charge in [-0.3, -0.25) is 0 Å². The molecule has 29 heavy (non-hydrogen) atoms. The van der Waals surface area contributed by atoms with E-state index in [-0.39, 0.29) is 12.1 Å². The van der Waals surface area contributed by atoms with E-state index in [2.05, 4.69) is 49.4 Å². The Morgan fingerprint density at radius 1 is 0.966 bits per heavy atom. The first-order chi connectivity index (χ1) is 14.2. The number of aryl methyl sites for hydroxylation is 1. The first kappa shape index (κ1) is 18.0.